The van der Waals surface area contributed by atoms with Gasteiger partial charge in [-0.3, -0.25) is 4.79 Å². The van der Waals surface area contributed by atoms with E-state index in [1.807, 2.05) is 0 Å². The zero-order valence-corrected chi connectivity index (χ0v) is 16.9. The van der Waals surface area contributed by atoms with E-state index in [9.17, 15) is 23.1 Å². The van der Waals surface area contributed by atoms with E-state index in [1.165, 1.54) is 44.5 Å². The molecule has 2 aromatic heterocycles. The number of alkyl halides is 3. The molecule has 0 radical (unpaired) electrons. The van der Waals surface area contributed by atoms with E-state index in [1.54, 1.807) is 18.2 Å². The minimum absolute atomic E-state index is 0.0124. The van der Waals surface area contributed by atoms with E-state index in [0.29, 0.717) is 10.9 Å². The van der Waals surface area contributed by atoms with Crippen molar-refractivity contribution in [1.82, 2.24) is 9.97 Å². The lowest BCUT2D eigenvalue weighted by atomic mass is 9.88. The molecule has 1 aromatic carbocycles. The molecule has 0 fully saturated rings. The zero-order valence-electron chi connectivity index (χ0n) is 16.9. The quantitative estimate of drug-likeness (QED) is 0.500. The predicted molar refractivity (Wildman–Crippen MR) is 109 cm³/mol. The van der Waals surface area contributed by atoms with Crippen LogP contribution in [0.4, 0.5) is 18.9 Å². The molecule has 2 atom stereocenters. The Morgan fingerprint density at radius 3 is 2.58 bits per heavy atom. The number of nitrogens with zero attached hydrogens (tertiary/aromatic N) is 1. The topological polar surface area (TPSA) is 96.5 Å². The first kappa shape index (κ1) is 22.6. The molecule has 31 heavy (non-hydrogen) atoms. The zero-order chi connectivity index (χ0) is 22.6. The van der Waals surface area contributed by atoms with Crippen molar-refractivity contribution in [3.63, 3.8) is 0 Å². The number of aromatic nitrogens is 2. The highest BCUT2D eigenvalue weighted by Crippen LogP contribution is 2.43. The molecule has 3 rings (SSSR count). The minimum atomic E-state index is -5.03. The molecule has 0 aliphatic rings. The van der Waals surface area contributed by atoms with Crippen molar-refractivity contribution in [2.24, 2.45) is 0 Å². The Kier molecular flexibility index (Phi) is 6.51. The predicted octanol–water partition coefficient (Wildman–Crippen LogP) is 3.41. The summed E-state index contributed by atoms with van der Waals surface area (Å²) in [5.41, 5.74) is -2.83. The molecule has 0 bridgehead atoms. The summed E-state index contributed by atoms with van der Waals surface area (Å²) >= 11 is 0. The number of rotatable bonds is 8. The van der Waals surface area contributed by atoms with Gasteiger partial charge in [0.1, 0.15) is 0 Å². The highest BCUT2D eigenvalue weighted by Gasteiger charge is 2.59. The Morgan fingerprint density at radius 1 is 1.19 bits per heavy atom. The number of halogens is 3. The smallest absolute Gasteiger partial charge is 0.421 e. The fourth-order valence-corrected chi connectivity index (χ4v) is 3.22. The number of anilines is 1. The Morgan fingerprint density at radius 2 is 1.97 bits per heavy atom. The molecule has 0 spiro atoms. The summed E-state index contributed by atoms with van der Waals surface area (Å²) in [5, 5.41) is 14.1. The van der Waals surface area contributed by atoms with Gasteiger partial charge in [0.2, 0.25) is 17.0 Å². The van der Waals surface area contributed by atoms with Gasteiger partial charge < -0.3 is 24.9 Å². The number of hydrogen-bond acceptors (Lipinski definition) is 6. The molecular weight excluding hydrogens is 415 g/mol. The molecular formula is C21H22F3N3O4. The number of methoxy groups -OCH3 is 1. The second kappa shape index (κ2) is 8.94. The van der Waals surface area contributed by atoms with Crippen LogP contribution in [0.3, 0.4) is 0 Å². The van der Waals surface area contributed by atoms with Gasteiger partial charge in [0.05, 0.1) is 25.3 Å². The standard InChI is InChI=1S/C21H22F3N3O4/c1-3-31-12-20(29,21(22,23)24)19(13-7-10-18(30-2)25-11-13)27-16-6-4-5-15-14(16)8-9-17(28)26-15/h4-11,19,27,29H,3,12H2,1-2H3,(H,26,28). The van der Waals surface area contributed by atoms with E-state index in [-0.39, 0.29) is 29.3 Å². The number of nitrogens with one attached hydrogen (secondary N) is 2. The monoisotopic (exact) mass is 437 g/mol. The molecule has 0 saturated carbocycles. The third-order valence-corrected chi connectivity index (χ3v) is 4.86. The molecule has 0 aliphatic heterocycles. The van der Waals surface area contributed by atoms with Crippen LogP contribution in [0.1, 0.15) is 18.5 Å². The number of aliphatic hydroxyl groups is 1. The number of benzene rings is 1. The number of H-pyrrole nitrogens is 1. The average molecular weight is 437 g/mol. The van der Waals surface area contributed by atoms with Gasteiger partial charge in [-0.2, -0.15) is 13.2 Å². The highest BCUT2D eigenvalue weighted by molar-refractivity contribution is 5.91. The highest BCUT2D eigenvalue weighted by atomic mass is 19.4. The molecule has 2 unspecified atom stereocenters. The van der Waals surface area contributed by atoms with Gasteiger partial charge in [-0.05, 0) is 36.8 Å². The summed E-state index contributed by atoms with van der Waals surface area (Å²) in [6, 6.07) is 8.66. The van der Waals surface area contributed by atoms with E-state index >= 15 is 0 Å². The van der Waals surface area contributed by atoms with Crippen LogP contribution < -0.4 is 15.6 Å². The maximum atomic E-state index is 14.1. The summed E-state index contributed by atoms with van der Waals surface area (Å²) in [6.45, 7) is 0.537. The van der Waals surface area contributed by atoms with Crippen LogP contribution in [-0.2, 0) is 4.74 Å². The van der Waals surface area contributed by atoms with E-state index in [0.717, 1.165) is 0 Å². The SMILES string of the molecule is CCOCC(O)(C(Nc1cccc2[nH]c(=O)ccc12)c1ccc(OC)nc1)C(F)(F)F. The normalized spacial score (nSPS) is 14.8. The molecule has 0 aliphatic carbocycles. The lowest BCUT2D eigenvalue weighted by Crippen LogP contribution is -2.56. The van der Waals surface area contributed by atoms with Crippen LogP contribution in [0.5, 0.6) is 5.88 Å². The van der Waals surface area contributed by atoms with E-state index in [2.05, 4.69) is 15.3 Å². The van der Waals surface area contributed by atoms with Crippen molar-refractivity contribution in [3.05, 3.63) is 64.6 Å². The van der Waals surface area contributed by atoms with Gasteiger partial charge in [0, 0.05) is 36.0 Å². The van der Waals surface area contributed by atoms with Crippen LogP contribution >= 0.6 is 0 Å². The molecule has 166 valence electrons. The second-order valence-corrected chi connectivity index (χ2v) is 6.86. The lowest BCUT2D eigenvalue weighted by Gasteiger charge is -2.38. The largest absolute Gasteiger partial charge is 0.481 e. The third kappa shape index (κ3) is 4.64. The van der Waals surface area contributed by atoms with Crippen LogP contribution in [0.25, 0.3) is 10.9 Å². The molecule has 3 aromatic rings. The summed E-state index contributed by atoms with van der Waals surface area (Å²) in [5.74, 6) is 0.214. The summed E-state index contributed by atoms with van der Waals surface area (Å²) in [7, 11) is 1.38. The van der Waals surface area contributed by atoms with Crippen LogP contribution in [-0.4, -0.2) is 47.2 Å². The number of hydrogen-bond donors (Lipinski definition) is 3. The van der Waals surface area contributed by atoms with Crippen molar-refractivity contribution in [2.45, 2.75) is 24.7 Å². The third-order valence-electron chi connectivity index (χ3n) is 4.86. The van der Waals surface area contributed by atoms with E-state index in [4.69, 9.17) is 9.47 Å². The number of fused-ring (bicyclic) bond motifs is 1. The molecule has 0 saturated heterocycles. The van der Waals surface area contributed by atoms with Gasteiger partial charge >= 0.3 is 6.18 Å². The second-order valence-electron chi connectivity index (χ2n) is 6.86. The Labute approximate surface area is 175 Å². The lowest BCUT2D eigenvalue weighted by molar-refractivity contribution is -0.281. The van der Waals surface area contributed by atoms with Gasteiger partial charge in [-0.25, -0.2) is 4.98 Å². The fraction of sp³-hybridized carbons (Fsp3) is 0.333. The first-order valence-corrected chi connectivity index (χ1v) is 9.45. The number of aromatic amines is 1. The number of ether oxygens (including phenoxy) is 2. The number of pyridine rings is 2. The molecule has 0 amide bonds. The molecule has 3 N–H and O–H groups in total. The van der Waals surface area contributed by atoms with Crippen LogP contribution in [0.15, 0.2) is 53.5 Å². The Balaban J connectivity index is 2.14. The van der Waals surface area contributed by atoms with Gasteiger partial charge in [-0.1, -0.05) is 6.07 Å². The first-order chi connectivity index (χ1) is 14.7. The Hall–Kier alpha value is -3.11. The van der Waals surface area contributed by atoms with Crippen molar-refractivity contribution >= 4 is 16.6 Å². The minimum Gasteiger partial charge on any atom is -0.481 e. The summed E-state index contributed by atoms with van der Waals surface area (Å²) in [4.78, 5) is 18.2. The average Bonchev–Trinajstić information content (AvgIpc) is 2.75. The van der Waals surface area contributed by atoms with Crippen molar-refractivity contribution in [3.8, 4) is 5.88 Å². The van der Waals surface area contributed by atoms with Crippen LogP contribution in [0, 0.1) is 0 Å². The van der Waals surface area contributed by atoms with E-state index < -0.39 is 24.4 Å². The van der Waals surface area contributed by atoms with Gasteiger partial charge in [0.25, 0.3) is 0 Å². The van der Waals surface area contributed by atoms with Gasteiger partial charge in [-0.15, -0.1) is 0 Å². The first-order valence-electron chi connectivity index (χ1n) is 9.45. The van der Waals surface area contributed by atoms with Crippen molar-refractivity contribution < 1.29 is 27.8 Å². The Bertz CT molecular complexity index is 1090. The summed E-state index contributed by atoms with van der Waals surface area (Å²) < 4.78 is 52.3. The maximum absolute atomic E-state index is 14.1. The molecule has 2 heterocycles. The summed E-state index contributed by atoms with van der Waals surface area (Å²) in [6.07, 6.45) is -3.83. The maximum Gasteiger partial charge on any atom is 0.421 e. The molecule has 7 nitrogen and oxygen atoms in total. The fourth-order valence-electron chi connectivity index (χ4n) is 3.22. The van der Waals surface area contributed by atoms with Crippen molar-refractivity contribution in [1.29, 1.82) is 0 Å². The van der Waals surface area contributed by atoms with Gasteiger partial charge in [0.15, 0.2) is 0 Å². The molecule has 10 heteroatoms. The van der Waals surface area contributed by atoms with Crippen LogP contribution in [0.2, 0.25) is 0 Å². The van der Waals surface area contributed by atoms with Crippen molar-refractivity contribution in [2.75, 3.05) is 25.6 Å².